The second-order valence-corrected chi connectivity index (χ2v) is 3.85. The van der Waals surface area contributed by atoms with Gasteiger partial charge < -0.3 is 9.84 Å². The summed E-state index contributed by atoms with van der Waals surface area (Å²) in [4.78, 5) is 10.9. The van der Waals surface area contributed by atoms with Gasteiger partial charge in [-0.3, -0.25) is 4.79 Å². The molecule has 0 radical (unpaired) electrons. The molecule has 0 aromatic heterocycles. The highest BCUT2D eigenvalue weighted by Gasteiger charge is 2.09. The van der Waals surface area contributed by atoms with Crippen LogP contribution in [0.4, 0.5) is 0 Å². The molecule has 1 N–H and O–H groups in total. The molecule has 4 heteroatoms. The number of phenolic OH excluding ortho intramolecular Hbond substituents is 1. The summed E-state index contributed by atoms with van der Waals surface area (Å²) in [6.45, 7) is 1.48. The molecule has 0 bridgehead atoms. The minimum absolute atomic E-state index is 0.00433. The third-order valence-corrected chi connectivity index (χ3v) is 2.41. The normalized spacial score (nSPS) is 9.93. The maximum Gasteiger partial charge on any atom is 0.134 e. The number of ketones is 1. The number of carbonyl (C=O) groups excluding carboxylic acids is 1. The Hall–Kier alpha value is -1.03. The average molecular weight is 259 g/mol. The molecule has 0 unspecified atom stereocenters. The van der Waals surface area contributed by atoms with Gasteiger partial charge in [-0.25, -0.2) is 0 Å². The standard InChI is InChI=1S/C10H11BrO3/c1-6(12)3-7-4-10(14-2)8(11)5-9(7)13/h4-5,13H,3H2,1-2H3. The quantitative estimate of drug-likeness (QED) is 0.905. The molecular weight excluding hydrogens is 248 g/mol. The molecule has 0 aliphatic carbocycles. The fourth-order valence-corrected chi connectivity index (χ4v) is 1.64. The van der Waals surface area contributed by atoms with Crippen LogP contribution in [0, 0.1) is 0 Å². The number of Topliss-reactive ketones (excluding diaryl/α,β-unsaturated/α-hetero) is 1. The summed E-state index contributed by atoms with van der Waals surface area (Å²) < 4.78 is 5.72. The SMILES string of the molecule is COc1cc(CC(C)=O)c(O)cc1Br. The lowest BCUT2D eigenvalue weighted by Crippen LogP contribution is -1.97. The van der Waals surface area contributed by atoms with Gasteiger partial charge in [0.2, 0.25) is 0 Å². The van der Waals surface area contributed by atoms with Gasteiger partial charge in [-0.05, 0) is 35.0 Å². The first-order valence-corrected chi connectivity index (χ1v) is 4.88. The lowest BCUT2D eigenvalue weighted by molar-refractivity contribution is -0.116. The summed E-state index contributed by atoms with van der Waals surface area (Å²) in [6, 6.07) is 3.18. The highest BCUT2D eigenvalue weighted by atomic mass is 79.9. The Kier molecular flexibility index (Phi) is 3.52. The molecule has 1 rings (SSSR count). The minimum atomic E-state index is 0.00433. The fraction of sp³-hybridized carbons (Fsp3) is 0.300. The first-order valence-electron chi connectivity index (χ1n) is 4.09. The van der Waals surface area contributed by atoms with Crippen molar-refractivity contribution in [1.82, 2.24) is 0 Å². The summed E-state index contributed by atoms with van der Waals surface area (Å²) in [5, 5.41) is 9.52. The molecule has 0 saturated carbocycles. The van der Waals surface area contributed by atoms with Crippen molar-refractivity contribution >= 4 is 21.7 Å². The van der Waals surface area contributed by atoms with Crippen molar-refractivity contribution < 1.29 is 14.6 Å². The Morgan fingerprint density at radius 3 is 2.71 bits per heavy atom. The lowest BCUT2D eigenvalue weighted by atomic mass is 10.1. The minimum Gasteiger partial charge on any atom is -0.508 e. The molecule has 0 heterocycles. The van der Waals surface area contributed by atoms with Crippen LogP contribution in [0.25, 0.3) is 0 Å². The smallest absolute Gasteiger partial charge is 0.134 e. The summed E-state index contributed by atoms with van der Waals surface area (Å²) >= 11 is 3.24. The van der Waals surface area contributed by atoms with Crippen molar-refractivity contribution in [2.75, 3.05) is 7.11 Å². The number of aromatic hydroxyl groups is 1. The van der Waals surface area contributed by atoms with Crippen molar-refractivity contribution in [3.8, 4) is 11.5 Å². The van der Waals surface area contributed by atoms with E-state index in [4.69, 9.17) is 4.74 Å². The van der Waals surface area contributed by atoms with Gasteiger partial charge in [0.05, 0.1) is 11.6 Å². The van der Waals surface area contributed by atoms with Gasteiger partial charge in [0.1, 0.15) is 17.3 Å². The zero-order chi connectivity index (χ0) is 10.7. The van der Waals surface area contributed by atoms with E-state index in [1.54, 1.807) is 6.07 Å². The van der Waals surface area contributed by atoms with E-state index in [-0.39, 0.29) is 18.0 Å². The summed E-state index contributed by atoms with van der Waals surface area (Å²) in [7, 11) is 1.54. The molecule has 0 amide bonds. The molecule has 0 fully saturated rings. The van der Waals surface area contributed by atoms with E-state index in [1.807, 2.05) is 0 Å². The van der Waals surface area contributed by atoms with Crippen molar-refractivity contribution in [1.29, 1.82) is 0 Å². The predicted octanol–water partition coefficient (Wildman–Crippen LogP) is 2.29. The van der Waals surface area contributed by atoms with Crippen LogP contribution < -0.4 is 4.74 Å². The van der Waals surface area contributed by atoms with E-state index in [9.17, 15) is 9.90 Å². The molecule has 1 aromatic carbocycles. The number of phenols is 1. The number of methoxy groups -OCH3 is 1. The third-order valence-electron chi connectivity index (χ3n) is 1.79. The van der Waals surface area contributed by atoms with Gasteiger partial charge in [0.25, 0.3) is 0 Å². The van der Waals surface area contributed by atoms with Gasteiger partial charge >= 0.3 is 0 Å². The van der Waals surface area contributed by atoms with E-state index >= 15 is 0 Å². The molecule has 14 heavy (non-hydrogen) atoms. The fourth-order valence-electron chi connectivity index (χ4n) is 1.15. The van der Waals surface area contributed by atoms with Crippen molar-refractivity contribution in [2.24, 2.45) is 0 Å². The predicted molar refractivity (Wildman–Crippen MR) is 56.7 cm³/mol. The number of ether oxygens (including phenoxy) is 1. The molecule has 0 spiro atoms. The first-order chi connectivity index (χ1) is 6.54. The zero-order valence-corrected chi connectivity index (χ0v) is 9.59. The second-order valence-electron chi connectivity index (χ2n) is 2.99. The summed E-state index contributed by atoms with van der Waals surface area (Å²) in [5.74, 6) is 0.719. The van der Waals surface area contributed by atoms with Crippen molar-refractivity contribution in [3.63, 3.8) is 0 Å². The largest absolute Gasteiger partial charge is 0.508 e. The zero-order valence-electron chi connectivity index (χ0n) is 8.00. The Balaban J connectivity index is 3.10. The molecule has 76 valence electrons. The monoisotopic (exact) mass is 258 g/mol. The third kappa shape index (κ3) is 2.48. The number of halogens is 1. The molecule has 0 aliphatic heterocycles. The van der Waals surface area contributed by atoms with E-state index in [1.165, 1.54) is 20.1 Å². The lowest BCUT2D eigenvalue weighted by Gasteiger charge is -2.07. The van der Waals surface area contributed by atoms with Crippen LogP contribution in [0.1, 0.15) is 12.5 Å². The topological polar surface area (TPSA) is 46.5 Å². The molecule has 0 atom stereocenters. The van der Waals surface area contributed by atoms with Gasteiger partial charge in [-0.2, -0.15) is 0 Å². The maximum absolute atomic E-state index is 10.9. The van der Waals surface area contributed by atoms with Crippen LogP contribution in [0.3, 0.4) is 0 Å². The number of hydrogen-bond acceptors (Lipinski definition) is 3. The summed E-state index contributed by atoms with van der Waals surface area (Å²) in [6.07, 6.45) is 0.218. The highest BCUT2D eigenvalue weighted by Crippen LogP contribution is 2.32. The Labute approximate surface area is 90.8 Å². The second kappa shape index (κ2) is 4.46. The van der Waals surface area contributed by atoms with Crippen LogP contribution in [-0.4, -0.2) is 18.0 Å². The highest BCUT2D eigenvalue weighted by molar-refractivity contribution is 9.10. The van der Waals surface area contributed by atoms with E-state index in [2.05, 4.69) is 15.9 Å². The van der Waals surface area contributed by atoms with E-state index in [0.29, 0.717) is 15.8 Å². The maximum atomic E-state index is 10.9. The number of hydrogen-bond donors (Lipinski definition) is 1. The van der Waals surface area contributed by atoms with Gasteiger partial charge in [0.15, 0.2) is 0 Å². The number of benzene rings is 1. The van der Waals surface area contributed by atoms with Crippen molar-refractivity contribution in [2.45, 2.75) is 13.3 Å². The molecule has 0 aliphatic rings. The first kappa shape index (κ1) is 11.0. The Morgan fingerprint density at radius 2 is 2.21 bits per heavy atom. The number of carbonyl (C=O) groups is 1. The van der Waals surface area contributed by atoms with Crippen LogP contribution in [0.5, 0.6) is 11.5 Å². The number of rotatable bonds is 3. The molecule has 3 nitrogen and oxygen atoms in total. The molecule has 1 aromatic rings. The molecule has 0 saturated heterocycles. The Bertz CT molecular complexity index is 361. The molecular formula is C10H11BrO3. The van der Waals surface area contributed by atoms with Crippen LogP contribution in [-0.2, 0) is 11.2 Å². The van der Waals surface area contributed by atoms with Gasteiger partial charge in [-0.1, -0.05) is 0 Å². The van der Waals surface area contributed by atoms with Gasteiger partial charge in [-0.15, -0.1) is 0 Å². The van der Waals surface area contributed by atoms with Crippen molar-refractivity contribution in [3.05, 3.63) is 22.2 Å². The van der Waals surface area contributed by atoms with Crippen LogP contribution in [0.15, 0.2) is 16.6 Å². The van der Waals surface area contributed by atoms with Crippen LogP contribution in [0.2, 0.25) is 0 Å². The van der Waals surface area contributed by atoms with Gasteiger partial charge in [0, 0.05) is 12.0 Å². The van der Waals surface area contributed by atoms with E-state index < -0.39 is 0 Å². The Morgan fingerprint density at radius 1 is 1.57 bits per heavy atom. The average Bonchev–Trinajstić information content (AvgIpc) is 2.09. The van der Waals surface area contributed by atoms with Crippen LogP contribution >= 0.6 is 15.9 Å². The summed E-state index contributed by atoms with van der Waals surface area (Å²) in [5.41, 5.74) is 0.581. The van der Waals surface area contributed by atoms with E-state index in [0.717, 1.165) is 0 Å².